The van der Waals surface area contributed by atoms with Crippen LogP contribution in [0.5, 0.6) is 0 Å². The number of carboxylic acids is 1. The summed E-state index contributed by atoms with van der Waals surface area (Å²) in [5.41, 5.74) is 1.36. The Morgan fingerprint density at radius 3 is 2.93 bits per heavy atom. The van der Waals surface area contributed by atoms with Gasteiger partial charge < -0.3 is 10.4 Å². The van der Waals surface area contributed by atoms with Crippen molar-refractivity contribution in [1.29, 1.82) is 0 Å². The van der Waals surface area contributed by atoms with Gasteiger partial charge in [-0.25, -0.2) is 4.79 Å². The lowest BCUT2D eigenvalue weighted by Crippen LogP contribution is -2.11. The molecule has 0 saturated carbocycles. The van der Waals surface area contributed by atoms with Crippen LogP contribution in [-0.2, 0) is 0 Å². The van der Waals surface area contributed by atoms with Crippen LogP contribution in [0, 0.1) is 0 Å². The zero-order valence-corrected chi connectivity index (χ0v) is 9.75. The summed E-state index contributed by atoms with van der Waals surface area (Å²) in [4.78, 5) is 11.1. The van der Waals surface area contributed by atoms with Crippen LogP contribution >= 0.6 is 15.9 Å². The number of benzene rings is 1. The van der Waals surface area contributed by atoms with Crippen LogP contribution in [0.25, 0.3) is 0 Å². The highest BCUT2D eigenvalue weighted by Gasteiger charge is 2.22. The number of carboxylic acid groups (broad SMARTS) is 1. The summed E-state index contributed by atoms with van der Waals surface area (Å²) in [6.45, 7) is 1.84. The van der Waals surface area contributed by atoms with Crippen molar-refractivity contribution in [3.63, 3.8) is 0 Å². The molecule has 15 heavy (non-hydrogen) atoms. The molecule has 1 fully saturated rings. The number of rotatable bonds is 2. The van der Waals surface area contributed by atoms with Gasteiger partial charge in [0.15, 0.2) is 0 Å². The number of hydrogen-bond donors (Lipinski definition) is 2. The molecule has 1 aliphatic heterocycles. The summed E-state index contributed by atoms with van der Waals surface area (Å²) < 4.78 is 0.939. The van der Waals surface area contributed by atoms with Gasteiger partial charge in [0, 0.05) is 11.0 Å². The minimum Gasteiger partial charge on any atom is -0.478 e. The molecule has 1 unspecified atom stereocenters. The molecule has 1 aromatic carbocycles. The van der Waals surface area contributed by atoms with Crippen molar-refractivity contribution in [1.82, 2.24) is 5.32 Å². The summed E-state index contributed by atoms with van der Waals surface area (Å²) in [5.74, 6) is -0.516. The van der Waals surface area contributed by atoms with Crippen LogP contribution < -0.4 is 5.32 Å². The maximum atomic E-state index is 11.1. The van der Waals surface area contributed by atoms with Crippen molar-refractivity contribution < 1.29 is 9.90 Å². The van der Waals surface area contributed by atoms with Gasteiger partial charge in [0.05, 0.1) is 5.56 Å². The number of halogens is 1. The van der Waals surface area contributed by atoms with Crippen LogP contribution in [0.15, 0.2) is 22.7 Å². The first kappa shape index (κ1) is 10.6. The number of hydrogen-bond acceptors (Lipinski definition) is 2. The van der Waals surface area contributed by atoms with Crippen molar-refractivity contribution in [2.45, 2.75) is 12.3 Å². The van der Waals surface area contributed by atoms with Gasteiger partial charge in [0.25, 0.3) is 0 Å². The van der Waals surface area contributed by atoms with E-state index in [1.54, 1.807) is 12.1 Å². The lowest BCUT2D eigenvalue weighted by molar-refractivity contribution is 0.0695. The second kappa shape index (κ2) is 4.33. The van der Waals surface area contributed by atoms with Crippen molar-refractivity contribution >= 4 is 21.9 Å². The fourth-order valence-electron chi connectivity index (χ4n) is 1.99. The van der Waals surface area contributed by atoms with E-state index in [0.29, 0.717) is 11.5 Å². The first-order valence-corrected chi connectivity index (χ1v) is 5.71. The fourth-order valence-corrected chi connectivity index (χ4v) is 2.37. The third kappa shape index (κ3) is 2.21. The second-order valence-corrected chi connectivity index (χ2v) is 4.64. The SMILES string of the molecule is O=C(O)c1ccc(Br)cc1C1CCNC1. The number of carbonyl (C=O) groups is 1. The minimum absolute atomic E-state index is 0.327. The molecule has 2 N–H and O–H groups in total. The topological polar surface area (TPSA) is 49.3 Å². The minimum atomic E-state index is -0.843. The maximum absolute atomic E-state index is 11.1. The molecule has 0 amide bonds. The zero-order valence-electron chi connectivity index (χ0n) is 8.16. The monoisotopic (exact) mass is 269 g/mol. The molecule has 1 atom stereocenters. The van der Waals surface area contributed by atoms with Crippen molar-refractivity contribution in [2.24, 2.45) is 0 Å². The molecule has 4 heteroatoms. The van der Waals surface area contributed by atoms with E-state index >= 15 is 0 Å². The lowest BCUT2D eigenvalue weighted by atomic mass is 9.93. The van der Waals surface area contributed by atoms with E-state index in [-0.39, 0.29) is 0 Å². The molecule has 1 aromatic rings. The van der Waals surface area contributed by atoms with Gasteiger partial charge in [0.2, 0.25) is 0 Å². The molecule has 0 spiro atoms. The fraction of sp³-hybridized carbons (Fsp3) is 0.364. The Balaban J connectivity index is 2.41. The van der Waals surface area contributed by atoms with Gasteiger partial charge in [-0.2, -0.15) is 0 Å². The van der Waals surface area contributed by atoms with Gasteiger partial charge in [-0.1, -0.05) is 15.9 Å². The van der Waals surface area contributed by atoms with Gasteiger partial charge in [0.1, 0.15) is 0 Å². The Morgan fingerprint density at radius 2 is 2.33 bits per heavy atom. The second-order valence-electron chi connectivity index (χ2n) is 3.73. The zero-order chi connectivity index (χ0) is 10.8. The third-order valence-electron chi connectivity index (χ3n) is 2.74. The van der Waals surface area contributed by atoms with Crippen molar-refractivity contribution in [3.8, 4) is 0 Å². The third-order valence-corrected chi connectivity index (χ3v) is 3.24. The predicted octanol–water partition coefficient (Wildman–Crippen LogP) is 2.22. The van der Waals surface area contributed by atoms with E-state index in [9.17, 15) is 4.79 Å². The molecular formula is C11H12BrNO2. The molecule has 2 rings (SSSR count). The summed E-state index contributed by atoms with van der Waals surface area (Å²) in [6.07, 6.45) is 1.01. The average molecular weight is 270 g/mol. The van der Waals surface area contributed by atoms with E-state index in [0.717, 1.165) is 29.5 Å². The van der Waals surface area contributed by atoms with E-state index in [1.165, 1.54) is 0 Å². The first-order valence-electron chi connectivity index (χ1n) is 4.92. The molecule has 0 bridgehead atoms. The highest BCUT2D eigenvalue weighted by molar-refractivity contribution is 9.10. The number of aromatic carboxylic acids is 1. The van der Waals surface area contributed by atoms with E-state index in [2.05, 4.69) is 21.2 Å². The lowest BCUT2D eigenvalue weighted by Gasteiger charge is -2.12. The summed E-state index contributed by atoms with van der Waals surface area (Å²) in [5, 5.41) is 12.3. The maximum Gasteiger partial charge on any atom is 0.335 e. The summed E-state index contributed by atoms with van der Waals surface area (Å²) in [7, 11) is 0. The van der Waals surface area contributed by atoms with Crippen molar-refractivity contribution in [3.05, 3.63) is 33.8 Å². The smallest absolute Gasteiger partial charge is 0.335 e. The molecule has 3 nitrogen and oxygen atoms in total. The molecule has 0 aromatic heterocycles. The van der Waals surface area contributed by atoms with E-state index in [4.69, 9.17) is 5.11 Å². The molecular weight excluding hydrogens is 258 g/mol. The summed E-state index contributed by atoms with van der Waals surface area (Å²) in [6, 6.07) is 5.36. The molecule has 80 valence electrons. The van der Waals surface area contributed by atoms with Crippen LogP contribution in [0.1, 0.15) is 28.3 Å². The van der Waals surface area contributed by atoms with E-state index in [1.807, 2.05) is 6.07 Å². The predicted molar refractivity (Wildman–Crippen MR) is 61.3 cm³/mol. The molecule has 0 aliphatic carbocycles. The van der Waals surface area contributed by atoms with Crippen LogP contribution in [0.2, 0.25) is 0 Å². The normalized spacial score (nSPS) is 20.5. The van der Waals surface area contributed by atoms with Gasteiger partial charge in [-0.3, -0.25) is 0 Å². The molecule has 1 heterocycles. The van der Waals surface area contributed by atoms with Gasteiger partial charge in [-0.15, -0.1) is 0 Å². The highest BCUT2D eigenvalue weighted by atomic mass is 79.9. The van der Waals surface area contributed by atoms with Gasteiger partial charge in [-0.05, 0) is 42.6 Å². The number of nitrogens with one attached hydrogen (secondary N) is 1. The Kier molecular flexibility index (Phi) is 3.07. The summed E-state index contributed by atoms with van der Waals surface area (Å²) >= 11 is 3.38. The Labute approximate surface area is 96.6 Å². The molecule has 1 aliphatic rings. The molecule has 1 saturated heterocycles. The Hall–Kier alpha value is -0.870. The van der Waals surface area contributed by atoms with Crippen molar-refractivity contribution in [2.75, 3.05) is 13.1 Å². The first-order chi connectivity index (χ1) is 7.18. The highest BCUT2D eigenvalue weighted by Crippen LogP contribution is 2.28. The molecule has 0 radical (unpaired) electrons. The Morgan fingerprint density at radius 1 is 1.53 bits per heavy atom. The van der Waals surface area contributed by atoms with Gasteiger partial charge >= 0.3 is 5.97 Å². The van der Waals surface area contributed by atoms with Crippen LogP contribution in [0.4, 0.5) is 0 Å². The Bertz CT molecular complexity index is 386. The van der Waals surface area contributed by atoms with E-state index < -0.39 is 5.97 Å². The quantitative estimate of drug-likeness (QED) is 0.866. The average Bonchev–Trinajstić information content (AvgIpc) is 2.69. The largest absolute Gasteiger partial charge is 0.478 e. The standard InChI is InChI=1S/C11H12BrNO2/c12-8-1-2-9(11(14)15)10(5-8)7-3-4-13-6-7/h1-2,5,7,13H,3-4,6H2,(H,14,15). The van der Waals surface area contributed by atoms with Crippen LogP contribution in [0.3, 0.4) is 0 Å². The van der Waals surface area contributed by atoms with Crippen LogP contribution in [-0.4, -0.2) is 24.2 Å².